The van der Waals surface area contributed by atoms with E-state index in [2.05, 4.69) is 32.6 Å². The summed E-state index contributed by atoms with van der Waals surface area (Å²) < 4.78 is 23.9. The van der Waals surface area contributed by atoms with Gasteiger partial charge in [0.15, 0.2) is 0 Å². The Morgan fingerprint density at radius 1 is 1.03 bits per heavy atom. The molecule has 4 rings (SSSR count). The van der Waals surface area contributed by atoms with E-state index in [-0.39, 0.29) is 31.2 Å². The minimum absolute atomic E-state index is 0.0723. The van der Waals surface area contributed by atoms with Crippen molar-refractivity contribution < 1.29 is 34.0 Å². The number of carbonyl (C=O) groups is 1. The van der Waals surface area contributed by atoms with Crippen LogP contribution < -0.4 is 0 Å². The van der Waals surface area contributed by atoms with E-state index in [1.165, 1.54) is 11.6 Å². The number of ether oxygens (including phenoxy) is 4. The first-order valence-corrected chi connectivity index (χ1v) is 13.6. The van der Waals surface area contributed by atoms with Crippen molar-refractivity contribution in [2.75, 3.05) is 6.61 Å². The Hall–Kier alpha value is -2.03. The highest BCUT2D eigenvalue weighted by Crippen LogP contribution is 2.31. The van der Waals surface area contributed by atoms with E-state index in [1.807, 2.05) is 18.2 Å². The topological polar surface area (TPSA) is 94.5 Å². The largest absolute Gasteiger partial charge is 0.456 e. The molecule has 2 N–H and O–H groups in total. The van der Waals surface area contributed by atoms with Crippen LogP contribution in [0.1, 0.15) is 58.8 Å². The molecule has 7 heteroatoms. The Balaban J connectivity index is 1.49. The second-order valence-corrected chi connectivity index (χ2v) is 11.0. The molecule has 7 unspecified atom stereocenters. The molecule has 9 atom stereocenters. The summed E-state index contributed by atoms with van der Waals surface area (Å²) in [6.45, 7) is 8.95. The van der Waals surface area contributed by atoms with E-state index in [0.717, 1.165) is 31.3 Å². The van der Waals surface area contributed by atoms with Gasteiger partial charge in [-0.15, -0.1) is 0 Å². The highest BCUT2D eigenvalue weighted by Gasteiger charge is 2.42. The number of esters is 1. The van der Waals surface area contributed by atoms with Crippen LogP contribution in [0.25, 0.3) is 0 Å². The summed E-state index contributed by atoms with van der Waals surface area (Å²) in [5, 5.41) is 21.7. The molecule has 0 aromatic heterocycles. The Kier molecular flexibility index (Phi) is 9.96. The fraction of sp³-hybridized carbons (Fsp3) is 0.633. The molecule has 0 spiro atoms. The van der Waals surface area contributed by atoms with Crippen molar-refractivity contribution in [3.8, 4) is 0 Å². The van der Waals surface area contributed by atoms with Crippen LogP contribution in [0.5, 0.6) is 0 Å². The first kappa shape index (κ1) is 28.0. The van der Waals surface area contributed by atoms with Gasteiger partial charge in [-0.05, 0) is 51.4 Å². The maximum atomic E-state index is 12.7. The molecule has 204 valence electrons. The summed E-state index contributed by atoms with van der Waals surface area (Å²) in [5.74, 6) is -0.129. The standard InChI is InChI=1S/C30H42O7/c1-19-12-13-34-23(15-19)10-11-26-27-18-28(36-26)30(33)25(31)17-21(3)14-20(2)16-24-8-4-6-22(35-24)7-5-9-29(32)37-27/h4-6,9-12,20,22-28,30-31,33H,3,7-8,13-18H2,1-2H3/b9-5-,11-10+/t20?,22?,23?,24?,25-,26?,27?,28?,30-/m0/s1. The third-order valence-electron chi connectivity index (χ3n) is 7.53. The lowest BCUT2D eigenvalue weighted by Gasteiger charge is -2.28. The summed E-state index contributed by atoms with van der Waals surface area (Å²) in [6.07, 6.45) is 13.7. The zero-order valence-electron chi connectivity index (χ0n) is 22.0. The maximum absolute atomic E-state index is 12.7. The minimum Gasteiger partial charge on any atom is -0.456 e. The van der Waals surface area contributed by atoms with Gasteiger partial charge in [0, 0.05) is 12.5 Å². The third-order valence-corrected chi connectivity index (χ3v) is 7.53. The van der Waals surface area contributed by atoms with Gasteiger partial charge < -0.3 is 29.2 Å². The lowest BCUT2D eigenvalue weighted by atomic mass is 9.90. The Morgan fingerprint density at radius 3 is 2.68 bits per heavy atom. The predicted molar refractivity (Wildman–Crippen MR) is 141 cm³/mol. The van der Waals surface area contributed by atoms with Gasteiger partial charge in [-0.1, -0.05) is 61.1 Å². The molecular weight excluding hydrogens is 472 g/mol. The van der Waals surface area contributed by atoms with Crippen LogP contribution in [0, 0.1) is 5.92 Å². The zero-order chi connectivity index (χ0) is 26.4. The molecule has 0 aliphatic carbocycles. The van der Waals surface area contributed by atoms with Crippen molar-refractivity contribution in [3.63, 3.8) is 0 Å². The average Bonchev–Trinajstić information content (AvgIpc) is 3.24. The SMILES string of the molecule is C=C1CC(C)CC2CC=CC(C/C=C\C(=O)OC3CC(OC3/C=C/C3CC(C)=CCO3)[C@@H](O)[C@@H](O)C1)O2. The first-order valence-electron chi connectivity index (χ1n) is 13.6. The number of fused-ring (bicyclic) bond motifs is 4. The van der Waals surface area contributed by atoms with Crippen LogP contribution in [0.4, 0.5) is 0 Å². The van der Waals surface area contributed by atoms with Gasteiger partial charge in [-0.3, -0.25) is 0 Å². The molecule has 37 heavy (non-hydrogen) atoms. The minimum atomic E-state index is -1.12. The van der Waals surface area contributed by atoms with E-state index in [9.17, 15) is 15.0 Å². The van der Waals surface area contributed by atoms with Crippen LogP contribution in [-0.4, -0.2) is 71.6 Å². The van der Waals surface area contributed by atoms with Crippen molar-refractivity contribution in [2.24, 2.45) is 5.92 Å². The second-order valence-electron chi connectivity index (χ2n) is 11.0. The van der Waals surface area contributed by atoms with Crippen molar-refractivity contribution in [3.05, 3.63) is 60.3 Å². The molecule has 4 heterocycles. The number of hydrogen-bond acceptors (Lipinski definition) is 7. The summed E-state index contributed by atoms with van der Waals surface area (Å²) in [7, 11) is 0. The molecule has 1 saturated heterocycles. The lowest BCUT2D eigenvalue weighted by molar-refractivity contribution is -0.144. The summed E-state index contributed by atoms with van der Waals surface area (Å²) in [4.78, 5) is 12.7. The molecule has 0 aromatic rings. The molecule has 7 nitrogen and oxygen atoms in total. The number of aliphatic hydroxyl groups excluding tert-OH is 2. The van der Waals surface area contributed by atoms with Crippen LogP contribution in [0.3, 0.4) is 0 Å². The molecule has 1 fully saturated rings. The molecule has 0 amide bonds. The van der Waals surface area contributed by atoms with Gasteiger partial charge in [0.1, 0.15) is 18.3 Å². The van der Waals surface area contributed by atoms with Crippen molar-refractivity contribution >= 4 is 5.97 Å². The van der Waals surface area contributed by atoms with Crippen molar-refractivity contribution in [2.45, 2.75) is 108 Å². The van der Waals surface area contributed by atoms with E-state index >= 15 is 0 Å². The quantitative estimate of drug-likeness (QED) is 0.423. The molecular formula is C30H42O7. The lowest BCUT2D eigenvalue weighted by Crippen LogP contribution is -2.37. The Labute approximate surface area is 220 Å². The molecule has 4 aliphatic heterocycles. The number of carbonyl (C=O) groups excluding carboxylic acids is 1. The van der Waals surface area contributed by atoms with E-state index in [1.54, 1.807) is 6.08 Å². The first-order chi connectivity index (χ1) is 17.8. The molecule has 4 aliphatic rings. The van der Waals surface area contributed by atoms with Gasteiger partial charge >= 0.3 is 5.97 Å². The molecule has 4 bridgehead atoms. The summed E-state index contributed by atoms with van der Waals surface area (Å²) in [6, 6.07) is 0. The summed E-state index contributed by atoms with van der Waals surface area (Å²) >= 11 is 0. The number of hydrogen-bond donors (Lipinski definition) is 2. The van der Waals surface area contributed by atoms with Gasteiger partial charge in [-0.2, -0.15) is 0 Å². The van der Waals surface area contributed by atoms with Gasteiger partial charge in [0.25, 0.3) is 0 Å². The second kappa shape index (κ2) is 13.2. The Morgan fingerprint density at radius 2 is 1.86 bits per heavy atom. The number of aliphatic hydroxyl groups is 2. The summed E-state index contributed by atoms with van der Waals surface area (Å²) in [5.41, 5.74) is 2.15. The van der Waals surface area contributed by atoms with Crippen LogP contribution >= 0.6 is 0 Å². The van der Waals surface area contributed by atoms with Crippen LogP contribution in [-0.2, 0) is 23.7 Å². The van der Waals surface area contributed by atoms with Crippen LogP contribution in [0.2, 0.25) is 0 Å². The molecule has 0 radical (unpaired) electrons. The molecule has 0 saturated carbocycles. The van der Waals surface area contributed by atoms with Gasteiger partial charge in [0.2, 0.25) is 0 Å². The Bertz CT molecular complexity index is 919. The van der Waals surface area contributed by atoms with E-state index < -0.39 is 36.5 Å². The monoisotopic (exact) mass is 514 g/mol. The normalized spacial score (nSPS) is 41.1. The fourth-order valence-corrected chi connectivity index (χ4v) is 5.62. The van der Waals surface area contributed by atoms with E-state index in [4.69, 9.17) is 18.9 Å². The zero-order valence-corrected chi connectivity index (χ0v) is 22.0. The highest BCUT2D eigenvalue weighted by molar-refractivity contribution is 5.82. The highest BCUT2D eigenvalue weighted by atomic mass is 16.6. The van der Waals surface area contributed by atoms with Crippen molar-refractivity contribution in [1.82, 2.24) is 0 Å². The third kappa shape index (κ3) is 8.23. The predicted octanol–water partition coefficient (Wildman–Crippen LogP) is 4.11. The number of rotatable bonds is 2. The van der Waals surface area contributed by atoms with Crippen LogP contribution in [0.15, 0.2) is 60.3 Å². The van der Waals surface area contributed by atoms with Gasteiger partial charge in [-0.25, -0.2) is 4.79 Å². The van der Waals surface area contributed by atoms with Gasteiger partial charge in [0.05, 0.1) is 37.1 Å². The van der Waals surface area contributed by atoms with Crippen molar-refractivity contribution in [1.29, 1.82) is 0 Å². The van der Waals surface area contributed by atoms with E-state index in [0.29, 0.717) is 18.9 Å². The maximum Gasteiger partial charge on any atom is 0.330 e. The average molecular weight is 515 g/mol. The fourth-order valence-electron chi connectivity index (χ4n) is 5.62. The molecule has 0 aromatic carbocycles. The smallest absolute Gasteiger partial charge is 0.330 e.